The second kappa shape index (κ2) is 7.56. The average Bonchev–Trinajstić information content (AvgIpc) is 3.31. The van der Waals surface area contributed by atoms with Gasteiger partial charge in [-0.25, -0.2) is 14.8 Å². The number of carbonyl (C=O) groups excluding carboxylic acids is 1. The van der Waals surface area contributed by atoms with E-state index >= 15 is 0 Å². The van der Waals surface area contributed by atoms with E-state index in [1.54, 1.807) is 24.0 Å². The van der Waals surface area contributed by atoms with Crippen LogP contribution in [0.15, 0.2) is 53.6 Å². The normalized spacial score (nSPS) is 10.9. The van der Waals surface area contributed by atoms with Gasteiger partial charge in [0, 0.05) is 17.6 Å². The molecule has 2 aromatic carbocycles. The average molecular weight is 418 g/mol. The molecule has 2 heterocycles. The summed E-state index contributed by atoms with van der Waals surface area (Å²) in [7, 11) is 0. The van der Waals surface area contributed by atoms with Crippen molar-refractivity contribution in [1.82, 2.24) is 19.9 Å². The molecule has 2 aromatic heterocycles. The number of thiazole rings is 1. The molecule has 6 nitrogen and oxygen atoms in total. The topological polar surface area (TPSA) is 71.8 Å². The van der Waals surface area contributed by atoms with Crippen molar-refractivity contribution in [3.05, 3.63) is 69.2 Å². The van der Waals surface area contributed by atoms with Gasteiger partial charge < -0.3 is 10.6 Å². The number of carbonyl (C=O) groups is 1. The summed E-state index contributed by atoms with van der Waals surface area (Å²) in [4.78, 5) is 20.8. The highest BCUT2D eigenvalue weighted by atomic mass is 35.5. The van der Waals surface area contributed by atoms with Crippen molar-refractivity contribution in [2.24, 2.45) is 0 Å². The molecule has 0 atom stereocenters. The first kappa shape index (κ1) is 17.8. The van der Waals surface area contributed by atoms with Crippen molar-refractivity contribution in [3.8, 4) is 5.82 Å². The van der Waals surface area contributed by atoms with Crippen LogP contribution in [0.25, 0.3) is 16.9 Å². The zero-order valence-electron chi connectivity index (χ0n) is 13.8. The summed E-state index contributed by atoms with van der Waals surface area (Å²) < 4.78 is 1.90. The quantitative estimate of drug-likeness (QED) is 0.484. The largest absolute Gasteiger partial charge is 0.334 e. The van der Waals surface area contributed by atoms with Crippen molar-refractivity contribution in [2.75, 3.05) is 5.32 Å². The fraction of sp³-hybridized carbons (Fsp3) is 0.0556. The SMILES string of the molecule is O=C(NCc1ccc(Cl)c(Cl)c1)Nc1ccc2c(c1)ncn2-c1cscn1. The standard InChI is InChI=1S/C18H13Cl2N5OS/c19-13-3-1-11(5-14(13)20)7-21-18(26)24-12-2-4-16-15(6-12)22-9-25(16)17-8-27-10-23-17/h1-6,8-10H,7H2,(H2,21,24,26). The highest BCUT2D eigenvalue weighted by Gasteiger charge is 2.09. The van der Waals surface area contributed by atoms with Gasteiger partial charge in [-0.1, -0.05) is 29.3 Å². The number of urea groups is 1. The number of benzene rings is 2. The number of fused-ring (bicyclic) bond motifs is 1. The number of anilines is 1. The highest BCUT2D eigenvalue weighted by Crippen LogP contribution is 2.23. The van der Waals surface area contributed by atoms with Gasteiger partial charge in [0.1, 0.15) is 12.1 Å². The summed E-state index contributed by atoms with van der Waals surface area (Å²) in [6.45, 7) is 0.337. The van der Waals surface area contributed by atoms with Crippen molar-refractivity contribution < 1.29 is 4.79 Å². The van der Waals surface area contributed by atoms with Gasteiger partial charge in [0.25, 0.3) is 0 Å². The van der Waals surface area contributed by atoms with E-state index in [9.17, 15) is 4.79 Å². The first-order valence-corrected chi connectivity index (χ1v) is 9.64. The number of nitrogens with zero attached hydrogens (tertiary/aromatic N) is 3. The Morgan fingerprint density at radius 1 is 1.11 bits per heavy atom. The van der Waals surface area contributed by atoms with Crippen molar-refractivity contribution >= 4 is 57.3 Å². The van der Waals surface area contributed by atoms with Crippen molar-refractivity contribution in [1.29, 1.82) is 0 Å². The highest BCUT2D eigenvalue weighted by molar-refractivity contribution is 7.07. The van der Waals surface area contributed by atoms with E-state index < -0.39 is 0 Å². The second-order valence-corrected chi connectivity index (χ2v) is 7.25. The minimum atomic E-state index is -0.320. The summed E-state index contributed by atoms with van der Waals surface area (Å²) in [5.74, 6) is 0.822. The third-order valence-electron chi connectivity index (χ3n) is 3.91. The number of halogens is 2. The maximum atomic E-state index is 12.2. The molecule has 4 rings (SSSR count). The van der Waals surface area contributed by atoms with Crippen LogP contribution in [0.3, 0.4) is 0 Å². The van der Waals surface area contributed by atoms with E-state index in [1.807, 2.05) is 34.2 Å². The van der Waals surface area contributed by atoms with E-state index in [2.05, 4.69) is 20.6 Å². The van der Waals surface area contributed by atoms with Gasteiger partial charge >= 0.3 is 6.03 Å². The molecule has 0 bridgehead atoms. The van der Waals surface area contributed by atoms with Gasteiger partial charge in [0.15, 0.2) is 0 Å². The summed E-state index contributed by atoms with van der Waals surface area (Å²) >= 11 is 13.4. The number of hydrogen-bond acceptors (Lipinski definition) is 4. The second-order valence-electron chi connectivity index (χ2n) is 5.72. The molecular formula is C18H13Cl2N5OS. The minimum Gasteiger partial charge on any atom is -0.334 e. The molecule has 27 heavy (non-hydrogen) atoms. The van der Waals surface area contributed by atoms with Gasteiger partial charge in [-0.15, -0.1) is 11.3 Å². The van der Waals surface area contributed by atoms with E-state index in [4.69, 9.17) is 23.2 Å². The molecule has 0 unspecified atom stereocenters. The summed E-state index contributed by atoms with van der Waals surface area (Å²) in [6, 6.07) is 10.5. The molecule has 0 aliphatic heterocycles. The summed E-state index contributed by atoms with van der Waals surface area (Å²) in [5.41, 5.74) is 4.97. The number of rotatable bonds is 4. The van der Waals surface area contributed by atoms with Gasteiger partial charge in [0.05, 0.1) is 26.6 Å². The lowest BCUT2D eigenvalue weighted by molar-refractivity contribution is 0.251. The van der Waals surface area contributed by atoms with Crippen LogP contribution in [0.5, 0.6) is 0 Å². The zero-order valence-corrected chi connectivity index (χ0v) is 16.1. The number of aromatic nitrogens is 3. The Morgan fingerprint density at radius 2 is 2.00 bits per heavy atom. The van der Waals surface area contributed by atoms with Crippen LogP contribution in [0, 0.1) is 0 Å². The van der Waals surface area contributed by atoms with Gasteiger partial charge in [-0.05, 0) is 35.9 Å². The Hall–Kier alpha value is -2.61. The lowest BCUT2D eigenvalue weighted by Gasteiger charge is -2.09. The van der Waals surface area contributed by atoms with Crippen LogP contribution in [0.2, 0.25) is 10.0 Å². The first-order valence-electron chi connectivity index (χ1n) is 7.94. The zero-order chi connectivity index (χ0) is 18.8. The van der Waals surface area contributed by atoms with E-state index in [1.165, 1.54) is 11.3 Å². The molecule has 136 valence electrons. The van der Waals surface area contributed by atoms with E-state index in [0.717, 1.165) is 22.4 Å². The minimum absolute atomic E-state index is 0.320. The molecule has 0 aliphatic rings. The summed E-state index contributed by atoms with van der Waals surface area (Å²) in [6.07, 6.45) is 1.72. The number of hydrogen-bond donors (Lipinski definition) is 2. The monoisotopic (exact) mass is 417 g/mol. The molecule has 0 radical (unpaired) electrons. The number of nitrogens with one attached hydrogen (secondary N) is 2. The van der Waals surface area contributed by atoms with Crippen LogP contribution in [0.1, 0.15) is 5.56 Å². The molecule has 4 aromatic rings. The summed E-state index contributed by atoms with van der Waals surface area (Å²) in [5, 5.41) is 8.47. The molecular weight excluding hydrogens is 405 g/mol. The molecule has 2 N–H and O–H groups in total. The van der Waals surface area contributed by atoms with Crippen LogP contribution in [-0.4, -0.2) is 20.6 Å². The van der Waals surface area contributed by atoms with Crippen LogP contribution < -0.4 is 10.6 Å². The maximum Gasteiger partial charge on any atom is 0.319 e. The predicted octanol–water partition coefficient (Wildman–Crippen LogP) is 5.11. The molecule has 0 fully saturated rings. The molecule has 9 heteroatoms. The van der Waals surface area contributed by atoms with E-state index in [-0.39, 0.29) is 6.03 Å². The Labute approximate surface area is 168 Å². The third kappa shape index (κ3) is 3.90. The third-order valence-corrected chi connectivity index (χ3v) is 5.22. The fourth-order valence-electron chi connectivity index (χ4n) is 2.61. The van der Waals surface area contributed by atoms with Crippen molar-refractivity contribution in [2.45, 2.75) is 6.54 Å². The Balaban J connectivity index is 1.43. The van der Waals surface area contributed by atoms with E-state index in [0.29, 0.717) is 22.3 Å². The van der Waals surface area contributed by atoms with Crippen LogP contribution in [0.4, 0.5) is 10.5 Å². The fourth-order valence-corrected chi connectivity index (χ4v) is 3.45. The Kier molecular flexibility index (Phi) is 4.98. The lowest BCUT2D eigenvalue weighted by Crippen LogP contribution is -2.28. The van der Waals surface area contributed by atoms with Gasteiger partial charge in [-0.3, -0.25) is 4.57 Å². The number of imidazole rings is 1. The first-order chi connectivity index (χ1) is 13.1. The Morgan fingerprint density at radius 3 is 2.78 bits per heavy atom. The van der Waals surface area contributed by atoms with Gasteiger partial charge in [0.2, 0.25) is 0 Å². The lowest BCUT2D eigenvalue weighted by atomic mass is 10.2. The van der Waals surface area contributed by atoms with Crippen molar-refractivity contribution in [3.63, 3.8) is 0 Å². The Bertz CT molecular complexity index is 1110. The molecule has 0 saturated carbocycles. The molecule has 0 aliphatic carbocycles. The maximum absolute atomic E-state index is 12.2. The predicted molar refractivity (Wildman–Crippen MR) is 109 cm³/mol. The van der Waals surface area contributed by atoms with Crippen LogP contribution >= 0.6 is 34.5 Å². The number of amides is 2. The molecule has 0 saturated heterocycles. The van der Waals surface area contributed by atoms with Crippen LogP contribution in [-0.2, 0) is 6.54 Å². The smallest absolute Gasteiger partial charge is 0.319 e. The molecule has 0 spiro atoms. The molecule has 2 amide bonds. The van der Waals surface area contributed by atoms with Gasteiger partial charge in [-0.2, -0.15) is 0 Å².